The molecule has 0 aliphatic rings. The van der Waals surface area contributed by atoms with Gasteiger partial charge in [0.25, 0.3) is 0 Å². The van der Waals surface area contributed by atoms with E-state index in [1.807, 2.05) is 12.1 Å². The van der Waals surface area contributed by atoms with Gasteiger partial charge in [-0.25, -0.2) is 0 Å². The monoisotopic (exact) mass is 342 g/mol. The maximum Gasteiger partial charge on any atom is 0.106 e. The molecule has 2 nitrogen and oxygen atoms in total. The third-order valence-corrected chi connectivity index (χ3v) is 4.29. The number of halogens is 1. The lowest BCUT2D eigenvalue weighted by atomic mass is 10.0. The first-order chi connectivity index (χ1) is 9.03. The molecule has 0 saturated heterocycles. The molecule has 0 saturated carbocycles. The molecule has 0 spiro atoms. The lowest BCUT2D eigenvalue weighted by molar-refractivity contribution is 0.486. The summed E-state index contributed by atoms with van der Waals surface area (Å²) in [5.74, 6) is 0.711. The fourth-order valence-corrected chi connectivity index (χ4v) is 2.76. The smallest absolute Gasteiger partial charge is 0.106 e. The average molecular weight is 343 g/mol. The van der Waals surface area contributed by atoms with Gasteiger partial charge < -0.3 is 10.6 Å². The van der Waals surface area contributed by atoms with Gasteiger partial charge in [0.1, 0.15) is 4.99 Å². The second-order valence-corrected chi connectivity index (χ2v) is 6.10. The van der Waals surface area contributed by atoms with Crippen LogP contribution in [0.3, 0.4) is 0 Å². The predicted octanol–water partition coefficient (Wildman–Crippen LogP) is 4.35. The van der Waals surface area contributed by atoms with Crippen molar-refractivity contribution in [3.63, 3.8) is 0 Å². The summed E-state index contributed by atoms with van der Waals surface area (Å²) in [6, 6.07) is 6.16. The molecule has 2 N–H and O–H groups in total. The average Bonchev–Trinajstić information content (AvgIpc) is 2.40. The molecule has 1 rings (SSSR count). The molecule has 0 fully saturated rings. The van der Waals surface area contributed by atoms with Crippen molar-refractivity contribution >= 4 is 38.8 Å². The number of benzene rings is 1. The third-order valence-electron chi connectivity index (χ3n) is 3.58. The minimum Gasteiger partial charge on any atom is -0.389 e. The van der Waals surface area contributed by atoms with Crippen molar-refractivity contribution in [2.75, 3.05) is 18.0 Å². The van der Waals surface area contributed by atoms with Crippen LogP contribution >= 0.6 is 28.1 Å². The van der Waals surface area contributed by atoms with Crippen LogP contribution in [0.5, 0.6) is 0 Å². The summed E-state index contributed by atoms with van der Waals surface area (Å²) in [7, 11) is 0. The highest BCUT2D eigenvalue weighted by atomic mass is 79.9. The van der Waals surface area contributed by atoms with Crippen LogP contribution in [0.1, 0.15) is 39.2 Å². The molecule has 4 heteroatoms. The summed E-state index contributed by atoms with van der Waals surface area (Å²) in [5.41, 5.74) is 7.96. The number of thiocarbonyl (C=S) groups is 1. The molecule has 0 bridgehead atoms. The lowest BCUT2D eigenvalue weighted by Crippen LogP contribution is -2.31. The van der Waals surface area contributed by atoms with E-state index in [2.05, 4.69) is 47.7 Å². The number of nitrogens with two attached hydrogens (primary N) is 1. The lowest BCUT2D eigenvalue weighted by Gasteiger charge is -2.29. The van der Waals surface area contributed by atoms with E-state index in [0.29, 0.717) is 10.9 Å². The van der Waals surface area contributed by atoms with Crippen molar-refractivity contribution in [1.82, 2.24) is 0 Å². The highest BCUT2D eigenvalue weighted by molar-refractivity contribution is 9.10. The van der Waals surface area contributed by atoms with Gasteiger partial charge in [-0.3, -0.25) is 0 Å². The zero-order chi connectivity index (χ0) is 14.4. The van der Waals surface area contributed by atoms with Crippen LogP contribution in [-0.4, -0.2) is 18.1 Å². The van der Waals surface area contributed by atoms with Gasteiger partial charge in [-0.15, -0.1) is 0 Å². The summed E-state index contributed by atoms with van der Waals surface area (Å²) in [4.78, 5) is 2.83. The molecule has 0 atom stereocenters. The topological polar surface area (TPSA) is 29.3 Å². The zero-order valence-electron chi connectivity index (χ0n) is 11.9. The van der Waals surface area contributed by atoms with Gasteiger partial charge in [0.15, 0.2) is 0 Å². The maximum atomic E-state index is 5.86. The van der Waals surface area contributed by atoms with Gasteiger partial charge in [-0.05, 0) is 31.0 Å². The van der Waals surface area contributed by atoms with Crippen LogP contribution in [0, 0.1) is 5.92 Å². The Labute approximate surface area is 130 Å². The first-order valence-corrected chi connectivity index (χ1v) is 8.07. The molecule has 0 radical (unpaired) electrons. The van der Waals surface area contributed by atoms with Gasteiger partial charge in [0.05, 0.1) is 0 Å². The molecule has 0 aromatic heterocycles. The number of nitrogens with zero attached hydrogens (tertiary/aromatic N) is 1. The Bertz CT molecular complexity index is 430. The summed E-state index contributed by atoms with van der Waals surface area (Å²) in [5, 5.41) is 0. The SMILES string of the molecule is CCC(CC)CN(CC)c1ccc(Br)cc1C(N)=S. The Morgan fingerprint density at radius 3 is 2.42 bits per heavy atom. The van der Waals surface area contributed by atoms with E-state index < -0.39 is 0 Å². The van der Waals surface area contributed by atoms with Gasteiger partial charge >= 0.3 is 0 Å². The van der Waals surface area contributed by atoms with E-state index in [0.717, 1.165) is 28.8 Å². The summed E-state index contributed by atoms with van der Waals surface area (Å²) >= 11 is 8.66. The van der Waals surface area contributed by atoms with E-state index in [-0.39, 0.29) is 0 Å². The minimum atomic E-state index is 0.458. The van der Waals surface area contributed by atoms with Crippen LogP contribution < -0.4 is 10.6 Å². The predicted molar refractivity (Wildman–Crippen MR) is 92.0 cm³/mol. The van der Waals surface area contributed by atoms with E-state index in [4.69, 9.17) is 18.0 Å². The highest BCUT2D eigenvalue weighted by Crippen LogP contribution is 2.26. The summed E-state index contributed by atoms with van der Waals surface area (Å²) in [6.07, 6.45) is 2.40. The molecular weight excluding hydrogens is 320 g/mol. The molecule has 19 heavy (non-hydrogen) atoms. The van der Waals surface area contributed by atoms with Crippen molar-refractivity contribution in [3.05, 3.63) is 28.2 Å². The van der Waals surface area contributed by atoms with Gasteiger partial charge in [-0.2, -0.15) is 0 Å². The molecule has 1 aromatic rings. The summed E-state index contributed by atoms with van der Waals surface area (Å²) < 4.78 is 1.01. The normalized spacial score (nSPS) is 10.8. The van der Waals surface area contributed by atoms with Gasteiger partial charge in [0.2, 0.25) is 0 Å². The van der Waals surface area contributed by atoms with Crippen LogP contribution in [0.2, 0.25) is 0 Å². The van der Waals surface area contributed by atoms with Crippen LogP contribution in [0.4, 0.5) is 5.69 Å². The van der Waals surface area contributed by atoms with Crippen molar-refractivity contribution < 1.29 is 0 Å². The molecule has 0 aliphatic carbocycles. The van der Waals surface area contributed by atoms with Crippen LogP contribution in [-0.2, 0) is 0 Å². The Morgan fingerprint density at radius 1 is 1.32 bits per heavy atom. The van der Waals surface area contributed by atoms with Gasteiger partial charge in [0, 0.05) is 28.8 Å². The van der Waals surface area contributed by atoms with E-state index in [9.17, 15) is 0 Å². The van der Waals surface area contributed by atoms with Crippen molar-refractivity contribution in [2.45, 2.75) is 33.6 Å². The first kappa shape index (κ1) is 16.4. The molecule has 106 valence electrons. The number of anilines is 1. The van der Waals surface area contributed by atoms with Crippen molar-refractivity contribution in [1.29, 1.82) is 0 Å². The largest absolute Gasteiger partial charge is 0.389 e. The van der Waals surface area contributed by atoms with Crippen molar-refractivity contribution in [3.8, 4) is 0 Å². The van der Waals surface area contributed by atoms with E-state index in [1.54, 1.807) is 0 Å². The minimum absolute atomic E-state index is 0.458. The Morgan fingerprint density at radius 2 is 1.95 bits per heavy atom. The number of rotatable bonds is 7. The van der Waals surface area contributed by atoms with Crippen molar-refractivity contribution in [2.24, 2.45) is 11.7 Å². The molecule has 0 unspecified atom stereocenters. The second kappa shape index (κ2) is 7.85. The number of hydrogen-bond donors (Lipinski definition) is 1. The van der Waals surface area contributed by atoms with E-state index >= 15 is 0 Å². The quantitative estimate of drug-likeness (QED) is 0.747. The van der Waals surface area contributed by atoms with Crippen LogP contribution in [0.15, 0.2) is 22.7 Å². The summed E-state index contributed by atoms with van der Waals surface area (Å²) in [6.45, 7) is 8.69. The van der Waals surface area contributed by atoms with Gasteiger partial charge in [-0.1, -0.05) is 54.8 Å². The fraction of sp³-hybridized carbons (Fsp3) is 0.533. The molecule has 1 aromatic carbocycles. The standard InChI is InChI=1S/C15H23BrN2S/c1-4-11(5-2)10-18(6-3)14-8-7-12(16)9-13(14)15(17)19/h7-9,11H,4-6,10H2,1-3H3,(H2,17,19). The van der Waals surface area contributed by atoms with E-state index in [1.165, 1.54) is 12.8 Å². The Hall–Kier alpha value is -0.610. The Kier molecular flexibility index (Phi) is 6.80. The number of hydrogen-bond acceptors (Lipinski definition) is 2. The first-order valence-electron chi connectivity index (χ1n) is 6.87. The molecule has 0 aliphatic heterocycles. The van der Waals surface area contributed by atoms with Crippen LogP contribution in [0.25, 0.3) is 0 Å². The molecule has 0 amide bonds. The second-order valence-electron chi connectivity index (χ2n) is 4.75. The molecular formula is C15H23BrN2S. The maximum absolute atomic E-state index is 5.86. The molecule has 0 heterocycles. The zero-order valence-corrected chi connectivity index (χ0v) is 14.4. The fourth-order valence-electron chi connectivity index (χ4n) is 2.24. The highest BCUT2D eigenvalue weighted by Gasteiger charge is 2.15. The Balaban J connectivity index is 3.07. The third kappa shape index (κ3) is 4.46.